The van der Waals surface area contributed by atoms with E-state index in [-0.39, 0.29) is 7.92 Å². The molecule has 1 aliphatic rings. The van der Waals surface area contributed by atoms with Gasteiger partial charge in [-0.2, -0.15) is 4.98 Å². The summed E-state index contributed by atoms with van der Waals surface area (Å²) in [5.74, 6) is 1.11. The average molecular weight is 426 g/mol. The molecule has 3 aromatic rings. The van der Waals surface area contributed by atoms with Crippen LogP contribution in [0.4, 0.5) is 23.1 Å². The first-order chi connectivity index (χ1) is 14.0. The lowest BCUT2D eigenvalue weighted by Gasteiger charge is -2.24. The highest BCUT2D eigenvalue weighted by atomic mass is 35.5. The van der Waals surface area contributed by atoms with Crippen LogP contribution in [0.3, 0.4) is 0 Å². The number of nitrogens with zero attached hydrogens (tertiary/aromatic N) is 2. The number of nitrogens with one attached hydrogen (secondary N) is 3. The number of halogens is 1. The van der Waals surface area contributed by atoms with Crippen LogP contribution >= 0.6 is 19.5 Å². The molecule has 150 valence electrons. The molecule has 0 fully saturated rings. The summed E-state index contributed by atoms with van der Waals surface area (Å²) in [7, 11) is -0.250. The number of para-hydroxylation sites is 1. The van der Waals surface area contributed by atoms with Crippen LogP contribution in [0.2, 0.25) is 5.02 Å². The van der Waals surface area contributed by atoms with Gasteiger partial charge in [0.05, 0.1) is 6.20 Å². The van der Waals surface area contributed by atoms with Crippen LogP contribution in [-0.4, -0.2) is 29.8 Å². The molecule has 1 aliphatic heterocycles. The summed E-state index contributed by atoms with van der Waals surface area (Å²) in [5.41, 5.74) is 4.72. The van der Waals surface area contributed by atoms with Gasteiger partial charge >= 0.3 is 0 Å². The Kier molecular flexibility index (Phi) is 6.00. The van der Waals surface area contributed by atoms with E-state index in [4.69, 9.17) is 11.6 Å². The summed E-state index contributed by atoms with van der Waals surface area (Å²) in [4.78, 5) is 8.98. The van der Waals surface area contributed by atoms with Crippen LogP contribution in [-0.2, 0) is 6.42 Å². The van der Waals surface area contributed by atoms with Crippen molar-refractivity contribution >= 4 is 48.0 Å². The third-order valence-electron chi connectivity index (χ3n) is 5.10. The van der Waals surface area contributed by atoms with E-state index in [1.165, 1.54) is 16.4 Å². The molecule has 0 amide bonds. The van der Waals surface area contributed by atoms with Gasteiger partial charge in [0.25, 0.3) is 0 Å². The number of hydrogen-bond donors (Lipinski definition) is 3. The van der Waals surface area contributed by atoms with E-state index in [1.54, 1.807) is 6.20 Å². The minimum absolute atomic E-state index is 0.250. The molecular formula is C22H25ClN5P. The zero-order valence-electron chi connectivity index (χ0n) is 16.8. The summed E-state index contributed by atoms with van der Waals surface area (Å²) in [6.07, 6.45) is 2.69. The van der Waals surface area contributed by atoms with Gasteiger partial charge in [-0.3, -0.25) is 0 Å². The van der Waals surface area contributed by atoms with Crippen LogP contribution in [0.15, 0.2) is 48.7 Å². The zero-order valence-corrected chi connectivity index (χ0v) is 18.5. The van der Waals surface area contributed by atoms with Gasteiger partial charge in [-0.05, 0) is 67.8 Å². The molecule has 0 aliphatic carbocycles. The van der Waals surface area contributed by atoms with Crippen molar-refractivity contribution in [3.05, 3.63) is 64.8 Å². The predicted octanol–water partition coefficient (Wildman–Crippen LogP) is 5.19. The highest BCUT2D eigenvalue weighted by molar-refractivity contribution is 7.64. The second kappa shape index (κ2) is 8.66. The molecule has 0 bridgehead atoms. The van der Waals surface area contributed by atoms with E-state index in [0.717, 1.165) is 24.3 Å². The number of aromatic nitrogens is 2. The molecule has 7 heteroatoms. The van der Waals surface area contributed by atoms with Gasteiger partial charge in [0.15, 0.2) is 5.82 Å². The largest absolute Gasteiger partial charge is 0.338 e. The third kappa shape index (κ3) is 4.53. The molecule has 2 aromatic carbocycles. The Morgan fingerprint density at radius 1 is 1.14 bits per heavy atom. The Bertz CT molecular complexity index is 1020. The Labute approximate surface area is 178 Å². The molecule has 0 radical (unpaired) electrons. The third-order valence-corrected chi connectivity index (χ3v) is 6.73. The Hall–Kier alpha value is -2.20. The summed E-state index contributed by atoms with van der Waals surface area (Å²) >= 11 is 6.38. The highest BCUT2D eigenvalue weighted by Gasteiger charge is 2.16. The van der Waals surface area contributed by atoms with Gasteiger partial charge in [-0.25, -0.2) is 4.98 Å². The molecule has 29 heavy (non-hydrogen) atoms. The maximum absolute atomic E-state index is 6.38. The summed E-state index contributed by atoms with van der Waals surface area (Å²) in [5, 5.41) is 12.0. The Morgan fingerprint density at radius 3 is 2.79 bits per heavy atom. The maximum Gasteiger partial charge on any atom is 0.229 e. The molecule has 0 saturated heterocycles. The van der Waals surface area contributed by atoms with E-state index < -0.39 is 0 Å². The molecule has 1 unspecified atom stereocenters. The molecule has 1 aromatic heterocycles. The standard InChI is InChI=1S/C22H25ClN5P/c1-14-17-12-16(9-8-15(17)10-11-24-14)26-22-25-13-18(23)21(28-22)27-19-6-4-5-7-20(19)29(2)3/h4-9,12-14,24H,10-11H2,1-3H3,(H2,25,26,27,28). The van der Waals surface area contributed by atoms with Crippen LogP contribution in [0.1, 0.15) is 24.1 Å². The average Bonchev–Trinajstić information content (AvgIpc) is 2.71. The van der Waals surface area contributed by atoms with Crippen molar-refractivity contribution in [3.63, 3.8) is 0 Å². The van der Waals surface area contributed by atoms with Crippen molar-refractivity contribution in [1.29, 1.82) is 0 Å². The van der Waals surface area contributed by atoms with E-state index in [0.29, 0.717) is 22.8 Å². The number of anilines is 4. The minimum Gasteiger partial charge on any atom is -0.338 e. The van der Waals surface area contributed by atoms with Crippen LogP contribution < -0.4 is 21.3 Å². The van der Waals surface area contributed by atoms with Gasteiger partial charge in [-0.15, -0.1) is 0 Å². The Balaban J connectivity index is 1.59. The molecule has 3 N–H and O–H groups in total. The normalized spacial score (nSPS) is 15.8. The highest BCUT2D eigenvalue weighted by Crippen LogP contribution is 2.31. The lowest BCUT2D eigenvalue weighted by atomic mass is 9.95. The van der Waals surface area contributed by atoms with Crippen LogP contribution in [0.5, 0.6) is 0 Å². The summed E-state index contributed by atoms with van der Waals surface area (Å²) in [6.45, 7) is 7.68. The second-order valence-electron chi connectivity index (χ2n) is 7.39. The smallest absolute Gasteiger partial charge is 0.229 e. The second-order valence-corrected chi connectivity index (χ2v) is 10.1. The van der Waals surface area contributed by atoms with Crippen LogP contribution in [0.25, 0.3) is 0 Å². The zero-order chi connectivity index (χ0) is 20.4. The summed E-state index contributed by atoms with van der Waals surface area (Å²) < 4.78 is 0. The molecule has 0 spiro atoms. The van der Waals surface area contributed by atoms with Gasteiger partial charge < -0.3 is 16.0 Å². The van der Waals surface area contributed by atoms with E-state index in [9.17, 15) is 0 Å². The van der Waals surface area contributed by atoms with E-state index in [1.807, 2.05) is 6.07 Å². The maximum atomic E-state index is 6.38. The van der Waals surface area contributed by atoms with Gasteiger partial charge in [0, 0.05) is 17.4 Å². The van der Waals surface area contributed by atoms with Gasteiger partial charge in [-0.1, -0.05) is 43.8 Å². The fraction of sp³-hybridized carbons (Fsp3) is 0.273. The van der Waals surface area contributed by atoms with E-state index in [2.05, 4.69) is 82.6 Å². The first-order valence-corrected chi connectivity index (χ1v) is 12.3. The molecule has 4 rings (SSSR count). The van der Waals surface area contributed by atoms with Gasteiger partial charge in [0.1, 0.15) is 5.02 Å². The van der Waals surface area contributed by atoms with Crippen molar-refractivity contribution in [2.45, 2.75) is 19.4 Å². The van der Waals surface area contributed by atoms with Crippen LogP contribution in [0, 0.1) is 0 Å². The van der Waals surface area contributed by atoms with Crippen molar-refractivity contribution in [2.75, 3.05) is 30.5 Å². The number of benzene rings is 2. The fourth-order valence-corrected chi connectivity index (χ4v) is 4.71. The van der Waals surface area contributed by atoms with Crippen molar-refractivity contribution in [2.24, 2.45) is 0 Å². The molecule has 5 nitrogen and oxygen atoms in total. The first-order valence-electron chi connectivity index (χ1n) is 9.70. The quantitative estimate of drug-likeness (QED) is 0.491. The molecule has 2 heterocycles. The van der Waals surface area contributed by atoms with Crippen molar-refractivity contribution in [3.8, 4) is 0 Å². The molecule has 1 atom stereocenters. The summed E-state index contributed by atoms with van der Waals surface area (Å²) in [6, 6.07) is 15.1. The lowest BCUT2D eigenvalue weighted by Crippen LogP contribution is -2.27. The fourth-order valence-electron chi connectivity index (χ4n) is 3.58. The SMILES string of the molecule is CC1NCCc2ccc(Nc3ncc(Cl)c(Nc4ccccc4P(C)C)n3)cc21. The molecular weight excluding hydrogens is 401 g/mol. The lowest BCUT2D eigenvalue weighted by molar-refractivity contribution is 0.541. The van der Waals surface area contributed by atoms with E-state index >= 15 is 0 Å². The predicted molar refractivity (Wildman–Crippen MR) is 125 cm³/mol. The number of hydrogen-bond acceptors (Lipinski definition) is 5. The minimum atomic E-state index is -0.250. The number of rotatable bonds is 5. The molecule has 0 saturated carbocycles. The Morgan fingerprint density at radius 2 is 1.97 bits per heavy atom. The first kappa shape index (κ1) is 20.1. The topological polar surface area (TPSA) is 61.9 Å². The number of fused-ring (bicyclic) bond motifs is 1. The van der Waals surface area contributed by atoms with Crippen molar-refractivity contribution in [1.82, 2.24) is 15.3 Å². The van der Waals surface area contributed by atoms with Crippen molar-refractivity contribution < 1.29 is 0 Å². The van der Waals surface area contributed by atoms with Gasteiger partial charge in [0.2, 0.25) is 5.95 Å². The monoisotopic (exact) mass is 425 g/mol.